The first kappa shape index (κ1) is 14.5. The van der Waals surface area contributed by atoms with Gasteiger partial charge in [-0.05, 0) is 24.5 Å². The quantitative estimate of drug-likeness (QED) is 0.811. The number of hydrogen-bond donors (Lipinski definition) is 2. The molecule has 100 valence electrons. The Morgan fingerprint density at radius 1 is 1.44 bits per heavy atom. The number of aryl methyl sites for hydroxylation is 1. The first-order chi connectivity index (χ1) is 8.44. The summed E-state index contributed by atoms with van der Waals surface area (Å²) < 4.78 is 5.18. The van der Waals surface area contributed by atoms with Crippen molar-refractivity contribution >= 4 is 11.6 Å². The highest BCUT2D eigenvalue weighted by Crippen LogP contribution is 2.25. The van der Waals surface area contributed by atoms with E-state index in [1.807, 2.05) is 45.0 Å². The molecule has 1 atom stereocenters. The third kappa shape index (κ3) is 2.82. The van der Waals surface area contributed by atoms with Crippen LogP contribution in [-0.4, -0.2) is 25.2 Å². The van der Waals surface area contributed by atoms with E-state index in [1.54, 1.807) is 7.11 Å². The van der Waals surface area contributed by atoms with E-state index in [2.05, 4.69) is 5.32 Å². The van der Waals surface area contributed by atoms with E-state index in [-0.39, 0.29) is 12.5 Å². The fourth-order valence-corrected chi connectivity index (χ4v) is 1.95. The topological polar surface area (TPSA) is 64.3 Å². The van der Waals surface area contributed by atoms with Crippen molar-refractivity contribution in [3.05, 3.63) is 29.8 Å². The number of ether oxygens (including phenoxy) is 1. The summed E-state index contributed by atoms with van der Waals surface area (Å²) in [7, 11) is 1.57. The van der Waals surface area contributed by atoms with Crippen molar-refractivity contribution in [2.24, 2.45) is 11.7 Å². The van der Waals surface area contributed by atoms with Gasteiger partial charge in [-0.1, -0.05) is 32.0 Å². The number of benzene rings is 1. The van der Waals surface area contributed by atoms with Crippen LogP contribution in [0.4, 0.5) is 5.69 Å². The van der Waals surface area contributed by atoms with Gasteiger partial charge in [-0.2, -0.15) is 0 Å². The third-order valence-corrected chi connectivity index (χ3v) is 3.30. The van der Waals surface area contributed by atoms with Crippen LogP contribution in [0.25, 0.3) is 0 Å². The maximum Gasteiger partial charge on any atom is 0.245 e. The van der Waals surface area contributed by atoms with Crippen LogP contribution in [0, 0.1) is 12.8 Å². The monoisotopic (exact) mass is 250 g/mol. The minimum Gasteiger partial charge on any atom is -0.382 e. The molecule has 0 aliphatic carbocycles. The van der Waals surface area contributed by atoms with Crippen LogP contribution >= 0.6 is 0 Å². The van der Waals surface area contributed by atoms with Crippen LogP contribution in [-0.2, 0) is 9.53 Å². The third-order valence-electron chi connectivity index (χ3n) is 3.30. The van der Waals surface area contributed by atoms with Gasteiger partial charge in [0.25, 0.3) is 0 Å². The Bertz CT molecular complexity index is 418. The van der Waals surface area contributed by atoms with Gasteiger partial charge in [0.15, 0.2) is 0 Å². The average Bonchev–Trinajstić information content (AvgIpc) is 2.30. The minimum absolute atomic E-state index is 0.0227. The van der Waals surface area contributed by atoms with Crippen molar-refractivity contribution < 1.29 is 9.53 Å². The van der Waals surface area contributed by atoms with Gasteiger partial charge in [-0.3, -0.25) is 4.79 Å². The number of rotatable bonds is 6. The van der Waals surface area contributed by atoms with E-state index < -0.39 is 11.4 Å². The van der Waals surface area contributed by atoms with E-state index in [1.165, 1.54) is 0 Å². The molecule has 1 amide bonds. The van der Waals surface area contributed by atoms with Gasteiger partial charge in [-0.15, -0.1) is 0 Å². The van der Waals surface area contributed by atoms with Crippen LogP contribution in [0.15, 0.2) is 24.3 Å². The second-order valence-corrected chi connectivity index (χ2v) is 4.86. The molecule has 0 saturated heterocycles. The van der Waals surface area contributed by atoms with Crippen molar-refractivity contribution in [2.75, 3.05) is 19.0 Å². The highest BCUT2D eigenvalue weighted by atomic mass is 16.5. The summed E-state index contributed by atoms with van der Waals surface area (Å²) >= 11 is 0. The lowest BCUT2D eigenvalue weighted by atomic mass is 9.85. The van der Waals surface area contributed by atoms with E-state index in [4.69, 9.17) is 10.5 Å². The molecule has 1 unspecified atom stereocenters. The summed E-state index contributed by atoms with van der Waals surface area (Å²) in [6, 6.07) is 7.80. The number of nitrogens with two attached hydrogens (primary N) is 1. The molecule has 1 aromatic carbocycles. The molecule has 18 heavy (non-hydrogen) atoms. The predicted molar refractivity (Wildman–Crippen MR) is 73.4 cm³/mol. The average molecular weight is 250 g/mol. The van der Waals surface area contributed by atoms with Gasteiger partial charge in [0.1, 0.15) is 5.54 Å². The van der Waals surface area contributed by atoms with Gasteiger partial charge >= 0.3 is 0 Å². The normalized spacial score (nSPS) is 14.3. The summed E-state index contributed by atoms with van der Waals surface area (Å²) in [5, 5.41) is 3.26. The van der Waals surface area contributed by atoms with Crippen molar-refractivity contribution in [3.63, 3.8) is 0 Å². The number of primary amides is 1. The maximum atomic E-state index is 11.8. The number of methoxy groups -OCH3 is 1. The van der Waals surface area contributed by atoms with Crippen LogP contribution in [0.2, 0.25) is 0 Å². The predicted octanol–water partition coefficient (Wildman–Crippen LogP) is 1.93. The number of carbonyl (C=O) groups is 1. The van der Waals surface area contributed by atoms with Crippen LogP contribution in [0.5, 0.6) is 0 Å². The molecule has 0 heterocycles. The molecule has 0 radical (unpaired) electrons. The number of hydrogen-bond acceptors (Lipinski definition) is 3. The number of para-hydroxylation sites is 1. The zero-order chi connectivity index (χ0) is 13.8. The van der Waals surface area contributed by atoms with Gasteiger partial charge in [0.05, 0.1) is 6.61 Å². The lowest BCUT2D eigenvalue weighted by Gasteiger charge is -2.36. The SMILES string of the molecule is COCC(Nc1ccccc1C)(C(N)=O)C(C)C. The fourth-order valence-electron chi connectivity index (χ4n) is 1.95. The molecule has 3 N–H and O–H groups in total. The first-order valence-corrected chi connectivity index (χ1v) is 6.06. The summed E-state index contributed by atoms with van der Waals surface area (Å²) in [5.41, 5.74) is 6.66. The summed E-state index contributed by atoms with van der Waals surface area (Å²) in [6.45, 7) is 6.14. The largest absolute Gasteiger partial charge is 0.382 e. The smallest absolute Gasteiger partial charge is 0.245 e. The lowest BCUT2D eigenvalue weighted by molar-refractivity contribution is -0.125. The van der Waals surface area contributed by atoms with Crippen LogP contribution in [0.1, 0.15) is 19.4 Å². The second-order valence-electron chi connectivity index (χ2n) is 4.86. The number of anilines is 1. The van der Waals surface area contributed by atoms with E-state index in [9.17, 15) is 4.79 Å². The van der Waals surface area contributed by atoms with Crippen LogP contribution < -0.4 is 11.1 Å². The Balaban J connectivity index is 3.12. The molecule has 1 aromatic rings. The summed E-state index contributed by atoms with van der Waals surface area (Å²) in [6.07, 6.45) is 0. The molecule has 0 spiro atoms. The van der Waals surface area contributed by atoms with Gasteiger partial charge < -0.3 is 15.8 Å². The fraction of sp³-hybridized carbons (Fsp3) is 0.500. The molecule has 4 nitrogen and oxygen atoms in total. The van der Waals surface area contributed by atoms with E-state index >= 15 is 0 Å². The van der Waals surface area contributed by atoms with Crippen LogP contribution in [0.3, 0.4) is 0 Å². The zero-order valence-electron chi connectivity index (χ0n) is 11.5. The minimum atomic E-state index is -0.888. The molecule has 4 heteroatoms. The second kappa shape index (κ2) is 5.87. The molecule has 0 fully saturated rings. The maximum absolute atomic E-state index is 11.8. The summed E-state index contributed by atoms with van der Waals surface area (Å²) in [5.74, 6) is -0.378. The number of amides is 1. The Morgan fingerprint density at radius 3 is 2.50 bits per heavy atom. The molecule has 0 bridgehead atoms. The molecule has 0 aliphatic heterocycles. The Labute approximate surface area is 109 Å². The lowest BCUT2D eigenvalue weighted by Crippen LogP contribution is -2.57. The van der Waals surface area contributed by atoms with Gasteiger partial charge in [0, 0.05) is 12.8 Å². The molecule has 0 aromatic heterocycles. The number of nitrogens with one attached hydrogen (secondary N) is 1. The number of carbonyl (C=O) groups excluding carboxylic acids is 1. The first-order valence-electron chi connectivity index (χ1n) is 6.06. The molecule has 1 rings (SSSR count). The van der Waals surface area contributed by atoms with E-state index in [0.29, 0.717) is 0 Å². The zero-order valence-corrected chi connectivity index (χ0v) is 11.5. The molecular weight excluding hydrogens is 228 g/mol. The standard InChI is InChI=1S/C14H22N2O2/c1-10(2)14(9-18-4,13(15)17)16-12-8-6-5-7-11(12)3/h5-8,10,16H,9H2,1-4H3,(H2,15,17). The molecule has 0 saturated carbocycles. The van der Waals surface area contributed by atoms with Gasteiger partial charge in [0.2, 0.25) is 5.91 Å². The Hall–Kier alpha value is -1.55. The van der Waals surface area contributed by atoms with Gasteiger partial charge in [-0.25, -0.2) is 0 Å². The Kier molecular flexibility index (Phi) is 4.73. The molecular formula is C14H22N2O2. The molecule has 0 aliphatic rings. The van der Waals surface area contributed by atoms with Crippen molar-refractivity contribution in [3.8, 4) is 0 Å². The highest BCUT2D eigenvalue weighted by molar-refractivity contribution is 5.88. The van der Waals surface area contributed by atoms with Crippen molar-refractivity contribution in [1.82, 2.24) is 0 Å². The summed E-state index contributed by atoms with van der Waals surface area (Å²) in [4.78, 5) is 11.8. The van der Waals surface area contributed by atoms with E-state index in [0.717, 1.165) is 11.3 Å². The highest BCUT2D eigenvalue weighted by Gasteiger charge is 2.40. The Morgan fingerprint density at radius 2 is 2.06 bits per heavy atom. The van der Waals surface area contributed by atoms with Crippen molar-refractivity contribution in [1.29, 1.82) is 0 Å². The van der Waals surface area contributed by atoms with Crippen molar-refractivity contribution in [2.45, 2.75) is 26.3 Å².